The first-order chi connectivity index (χ1) is 12.2. The van der Waals surface area contributed by atoms with Crippen LogP contribution in [0, 0.1) is 6.92 Å². The maximum absolute atomic E-state index is 12.4. The summed E-state index contributed by atoms with van der Waals surface area (Å²) in [5.41, 5.74) is 3.71. The van der Waals surface area contributed by atoms with Gasteiger partial charge in [-0.3, -0.25) is 4.79 Å². The lowest BCUT2D eigenvalue weighted by atomic mass is 9.87. The van der Waals surface area contributed by atoms with Crippen LogP contribution < -0.4 is 10.9 Å². The predicted molar refractivity (Wildman–Crippen MR) is 104 cm³/mol. The van der Waals surface area contributed by atoms with E-state index < -0.39 is 5.63 Å². The van der Waals surface area contributed by atoms with Gasteiger partial charge in [-0.2, -0.15) is 0 Å². The third-order valence-corrected chi connectivity index (χ3v) is 4.44. The number of hydrogen-bond acceptors (Lipinski definition) is 3. The lowest BCUT2D eigenvalue weighted by Crippen LogP contribution is -2.23. The highest BCUT2D eigenvalue weighted by Crippen LogP contribution is 2.22. The molecule has 26 heavy (non-hydrogen) atoms. The van der Waals surface area contributed by atoms with Crippen LogP contribution in [0.1, 0.15) is 47.8 Å². The van der Waals surface area contributed by atoms with Gasteiger partial charge in [-0.1, -0.05) is 45.0 Å². The number of amides is 1. The molecule has 1 amide bonds. The average molecular weight is 349 g/mol. The van der Waals surface area contributed by atoms with Gasteiger partial charge in [0.1, 0.15) is 5.58 Å². The van der Waals surface area contributed by atoms with Gasteiger partial charge in [-0.25, -0.2) is 4.79 Å². The summed E-state index contributed by atoms with van der Waals surface area (Å²) in [6.07, 6.45) is 0. The van der Waals surface area contributed by atoms with E-state index >= 15 is 0 Å². The van der Waals surface area contributed by atoms with Crippen molar-refractivity contribution in [3.8, 4) is 0 Å². The fourth-order valence-electron chi connectivity index (χ4n) is 2.88. The Morgan fingerprint density at radius 1 is 1.04 bits per heavy atom. The fraction of sp³-hybridized carbons (Fsp3) is 0.273. The summed E-state index contributed by atoms with van der Waals surface area (Å²) < 4.78 is 5.25. The van der Waals surface area contributed by atoms with Crippen LogP contribution in [0.25, 0.3) is 11.0 Å². The lowest BCUT2D eigenvalue weighted by Gasteiger charge is -2.19. The van der Waals surface area contributed by atoms with Crippen LogP contribution in [0.3, 0.4) is 0 Å². The normalized spacial score (nSPS) is 11.5. The minimum atomic E-state index is -0.415. The van der Waals surface area contributed by atoms with E-state index in [1.54, 1.807) is 0 Å². The Bertz CT molecular complexity index is 1010. The molecule has 3 aromatic rings. The Labute approximate surface area is 152 Å². The molecule has 2 aromatic carbocycles. The predicted octanol–water partition coefficient (Wildman–Crippen LogP) is 4.33. The van der Waals surface area contributed by atoms with E-state index in [0.717, 1.165) is 16.5 Å². The topological polar surface area (TPSA) is 59.3 Å². The first-order valence-electron chi connectivity index (χ1n) is 8.66. The van der Waals surface area contributed by atoms with Crippen LogP contribution in [0.2, 0.25) is 0 Å². The molecule has 0 saturated carbocycles. The molecule has 0 radical (unpaired) electrons. The van der Waals surface area contributed by atoms with E-state index in [2.05, 4.69) is 26.1 Å². The summed E-state index contributed by atoms with van der Waals surface area (Å²) in [5, 5.41) is 3.72. The SMILES string of the molecule is Cc1ccc2c(CNC(=O)c3ccc(C(C)(C)C)cc3)cc(=O)oc2c1. The highest BCUT2D eigenvalue weighted by Gasteiger charge is 2.14. The number of carbonyl (C=O) groups excluding carboxylic acids is 1. The second kappa shape index (κ2) is 6.79. The van der Waals surface area contributed by atoms with E-state index in [0.29, 0.717) is 11.1 Å². The molecule has 1 heterocycles. The Kier molecular flexibility index (Phi) is 4.68. The molecule has 0 bridgehead atoms. The van der Waals surface area contributed by atoms with Gasteiger partial charge in [-0.05, 0) is 47.2 Å². The number of aryl methyl sites for hydroxylation is 1. The summed E-state index contributed by atoms with van der Waals surface area (Å²) in [7, 11) is 0. The van der Waals surface area contributed by atoms with Crippen molar-refractivity contribution in [1.29, 1.82) is 0 Å². The summed E-state index contributed by atoms with van der Waals surface area (Å²) in [5.74, 6) is -0.168. The highest BCUT2D eigenvalue weighted by atomic mass is 16.4. The van der Waals surface area contributed by atoms with Crippen molar-refractivity contribution in [3.05, 3.63) is 81.2 Å². The van der Waals surface area contributed by atoms with E-state index in [-0.39, 0.29) is 17.9 Å². The number of benzene rings is 2. The molecule has 0 saturated heterocycles. The quantitative estimate of drug-likeness (QED) is 0.716. The summed E-state index contributed by atoms with van der Waals surface area (Å²) in [6.45, 7) is 8.61. The Morgan fingerprint density at radius 3 is 2.38 bits per heavy atom. The fourth-order valence-corrected chi connectivity index (χ4v) is 2.88. The Morgan fingerprint density at radius 2 is 1.73 bits per heavy atom. The van der Waals surface area contributed by atoms with Gasteiger partial charge in [0.15, 0.2) is 0 Å². The van der Waals surface area contributed by atoms with Gasteiger partial charge in [-0.15, -0.1) is 0 Å². The standard InChI is InChI=1S/C22H23NO3/c1-14-5-10-18-16(12-20(24)26-19(18)11-14)13-23-21(25)15-6-8-17(9-7-15)22(2,3)4/h5-12H,13H2,1-4H3,(H,23,25). The van der Waals surface area contributed by atoms with Crippen molar-refractivity contribution in [1.82, 2.24) is 5.32 Å². The van der Waals surface area contributed by atoms with Crippen LogP contribution >= 0.6 is 0 Å². The molecular weight excluding hydrogens is 326 g/mol. The molecule has 0 unspecified atom stereocenters. The number of carbonyl (C=O) groups is 1. The molecule has 1 N–H and O–H groups in total. The van der Waals surface area contributed by atoms with Crippen molar-refractivity contribution in [2.75, 3.05) is 0 Å². The van der Waals surface area contributed by atoms with Gasteiger partial charge >= 0.3 is 5.63 Å². The molecule has 4 nitrogen and oxygen atoms in total. The Hall–Kier alpha value is -2.88. The zero-order valence-corrected chi connectivity index (χ0v) is 15.6. The first kappa shape index (κ1) is 17.9. The van der Waals surface area contributed by atoms with Gasteiger partial charge in [0.25, 0.3) is 5.91 Å². The summed E-state index contributed by atoms with van der Waals surface area (Å²) in [4.78, 5) is 24.2. The monoisotopic (exact) mass is 349 g/mol. The van der Waals surface area contributed by atoms with Crippen molar-refractivity contribution < 1.29 is 9.21 Å². The maximum Gasteiger partial charge on any atom is 0.336 e. The second-order valence-electron chi connectivity index (χ2n) is 7.60. The van der Waals surface area contributed by atoms with Crippen molar-refractivity contribution in [3.63, 3.8) is 0 Å². The van der Waals surface area contributed by atoms with Crippen LogP contribution in [0.4, 0.5) is 0 Å². The number of nitrogens with one attached hydrogen (secondary N) is 1. The molecule has 0 fully saturated rings. The van der Waals surface area contributed by atoms with Crippen LogP contribution in [0.5, 0.6) is 0 Å². The van der Waals surface area contributed by atoms with Gasteiger partial charge in [0, 0.05) is 23.6 Å². The van der Waals surface area contributed by atoms with Crippen LogP contribution in [-0.4, -0.2) is 5.91 Å². The zero-order valence-electron chi connectivity index (χ0n) is 15.6. The summed E-state index contributed by atoms with van der Waals surface area (Å²) >= 11 is 0. The van der Waals surface area contributed by atoms with Crippen molar-refractivity contribution in [2.24, 2.45) is 0 Å². The molecule has 0 aliphatic rings. The minimum Gasteiger partial charge on any atom is -0.423 e. The smallest absolute Gasteiger partial charge is 0.336 e. The number of hydrogen-bond donors (Lipinski definition) is 1. The van der Waals surface area contributed by atoms with E-state index in [1.807, 2.05) is 49.4 Å². The van der Waals surface area contributed by atoms with Crippen molar-refractivity contribution >= 4 is 16.9 Å². The number of fused-ring (bicyclic) bond motifs is 1. The first-order valence-corrected chi connectivity index (χ1v) is 8.66. The van der Waals surface area contributed by atoms with Gasteiger partial charge in [0.2, 0.25) is 0 Å². The highest BCUT2D eigenvalue weighted by molar-refractivity contribution is 5.94. The molecule has 3 rings (SSSR count). The van der Waals surface area contributed by atoms with Gasteiger partial charge in [0.05, 0.1) is 0 Å². The van der Waals surface area contributed by atoms with Gasteiger partial charge < -0.3 is 9.73 Å². The van der Waals surface area contributed by atoms with E-state index in [4.69, 9.17) is 4.42 Å². The van der Waals surface area contributed by atoms with E-state index in [9.17, 15) is 9.59 Å². The minimum absolute atomic E-state index is 0.0458. The molecule has 4 heteroatoms. The molecule has 0 atom stereocenters. The number of rotatable bonds is 3. The maximum atomic E-state index is 12.4. The third-order valence-electron chi connectivity index (χ3n) is 4.44. The van der Waals surface area contributed by atoms with Crippen LogP contribution in [-0.2, 0) is 12.0 Å². The van der Waals surface area contributed by atoms with Crippen LogP contribution in [0.15, 0.2) is 57.7 Å². The summed E-state index contributed by atoms with van der Waals surface area (Å²) in [6, 6.07) is 14.7. The molecule has 0 aliphatic heterocycles. The molecule has 1 aromatic heterocycles. The molecule has 0 spiro atoms. The third kappa shape index (κ3) is 3.85. The average Bonchev–Trinajstić information content (AvgIpc) is 2.58. The molecular formula is C22H23NO3. The molecule has 0 aliphatic carbocycles. The Balaban J connectivity index is 1.80. The lowest BCUT2D eigenvalue weighted by molar-refractivity contribution is 0.0951. The van der Waals surface area contributed by atoms with Crippen molar-refractivity contribution in [2.45, 2.75) is 39.7 Å². The molecule has 134 valence electrons. The largest absolute Gasteiger partial charge is 0.423 e. The zero-order chi connectivity index (χ0) is 18.9. The second-order valence-corrected chi connectivity index (χ2v) is 7.60. The van der Waals surface area contributed by atoms with E-state index in [1.165, 1.54) is 11.6 Å².